The van der Waals surface area contributed by atoms with Crippen LogP contribution in [-0.2, 0) is 6.42 Å². The van der Waals surface area contributed by atoms with Gasteiger partial charge in [0.1, 0.15) is 0 Å². The Morgan fingerprint density at radius 1 is 1.04 bits per heavy atom. The Hall–Kier alpha value is -1.84. The molecule has 0 amide bonds. The second-order valence-corrected chi connectivity index (χ2v) is 7.99. The summed E-state index contributed by atoms with van der Waals surface area (Å²) in [6.07, 6.45) is 10.5. The number of benzene rings is 2. The van der Waals surface area contributed by atoms with Crippen LogP contribution in [0.25, 0.3) is 10.9 Å². The molecule has 1 unspecified atom stereocenters. The van der Waals surface area contributed by atoms with E-state index in [1.807, 2.05) is 0 Å². The molecule has 2 aromatic carbocycles. The van der Waals surface area contributed by atoms with Crippen LogP contribution in [0.1, 0.15) is 29.9 Å². The number of rotatable bonds is 6. The molecule has 4 rings (SSSR count). The van der Waals surface area contributed by atoms with Crippen molar-refractivity contribution in [2.75, 3.05) is 19.6 Å². The molecule has 26 heavy (non-hydrogen) atoms. The summed E-state index contributed by atoms with van der Waals surface area (Å²) in [6, 6.07) is 17.3. The number of nitrogens with zero attached hydrogens (tertiary/aromatic N) is 1. The fourth-order valence-electron chi connectivity index (χ4n) is 3.92. The molecule has 2 heterocycles. The highest BCUT2D eigenvalue weighted by atomic mass is 79.9. The number of unbranched alkanes of at least 4 members (excludes halogenated alkanes) is 1. The largest absolute Gasteiger partial charge is 0.360 e. The van der Waals surface area contributed by atoms with E-state index in [-0.39, 0.29) is 0 Å². The highest BCUT2D eigenvalue weighted by Crippen LogP contribution is 2.27. The van der Waals surface area contributed by atoms with E-state index in [1.54, 1.807) is 0 Å². The monoisotopic (exact) mass is 408 g/mol. The SMILES string of the molecule is Brc1cccc2c(CCCCN3CC=CC(c4ccccc4)C3)c[nH]c12. The lowest BCUT2D eigenvalue weighted by Gasteiger charge is -2.29. The Morgan fingerprint density at radius 2 is 1.92 bits per heavy atom. The van der Waals surface area contributed by atoms with Crippen LogP contribution >= 0.6 is 15.9 Å². The first-order valence-electron chi connectivity index (χ1n) is 9.50. The van der Waals surface area contributed by atoms with E-state index < -0.39 is 0 Å². The van der Waals surface area contributed by atoms with Crippen LogP contribution in [-0.4, -0.2) is 29.5 Å². The first-order chi connectivity index (χ1) is 12.8. The van der Waals surface area contributed by atoms with Crippen molar-refractivity contribution in [3.63, 3.8) is 0 Å². The van der Waals surface area contributed by atoms with Gasteiger partial charge >= 0.3 is 0 Å². The third-order valence-electron chi connectivity index (χ3n) is 5.34. The predicted molar refractivity (Wildman–Crippen MR) is 114 cm³/mol. The van der Waals surface area contributed by atoms with Gasteiger partial charge in [-0.3, -0.25) is 4.90 Å². The van der Waals surface area contributed by atoms with Crippen molar-refractivity contribution in [1.29, 1.82) is 0 Å². The molecule has 0 bridgehead atoms. The molecule has 0 fully saturated rings. The molecule has 1 atom stereocenters. The minimum Gasteiger partial charge on any atom is -0.360 e. The van der Waals surface area contributed by atoms with E-state index in [0.29, 0.717) is 5.92 Å². The van der Waals surface area contributed by atoms with E-state index in [2.05, 4.69) is 92.7 Å². The number of nitrogens with one attached hydrogen (secondary N) is 1. The topological polar surface area (TPSA) is 19.0 Å². The van der Waals surface area contributed by atoms with E-state index in [1.165, 1.54) is 41.4 Å². The lowest BCUT2D eigenvalue weighted by molar-refractivity contribution is 0.278. The van der Waals surface area contributed by atoms with Gasteiger partial charge in [0.15, 0.2) is 0 Å². The minimum atomic E-state index is 0.538. The summed E-state index contributed by atoms with van der Waals surface area (Å²) in [5.41, 5.74) is 4.08. The van der Waals surface area contributed by atoms with Crippen LogP contribution in [0.3, 0.4) is 0 Å². The van der Waals surface area contributed by atoms with Gasteiger partial charge < -0.3 is 4.98 Å². The molecule has 0 spiro atoms. The van der Waals surface area contributed by atoms with Crippen LogP contribution in [0.15, 0.2) is 71.4 Å². The molecule has 2 nitrogen and oxygen atoms in total. The number of aryl methyl sites for hydroxylation is 1. The fourth-order valence-corrected chi connectivity index (χ4v) is 4.40. The van der Waals surface area contributed by atoms with E-state index >= 15 is 0 Å². The Morgan fingerprint density at radius 3 is 2.81 bits per heavy atom. The van der Waals surface area contributed by atoms with Crippen LogP contribution in [0, 0.1) is 0 Å². The van der Waals surface area contributed by atoms with Crippen LogP contribution in [0.5, 0.6) is 0 Å². The van der Waals surface area contributed by atoms with Crippen LogP contribution < -0.4 is 0 Å². The molecule has 3 aromatic rings. The maximum absolute atomic E-state index is 3.62. The summed E-state index contributed by atoms with van der Waals surface area (Å²) >= 11 is 3.62. The minimum absolute atomic E-state index is 0.538. The number of hydrogen-bond donors (Lipinski definition) is 1. The molecule has 3 heteroatoms. The Kier molecular flexibility index (Phi) is 5.57. The Bertz CT molecular complexity index is 882. The summed E-state index contributed by atoms with van der Waals surface area (Å²) in [5.74, 6) is 0.538. The second kappa shape index (κ2) is 8.24. The maximum atomic E-state index is 3.62. The molecule has 1 aliphatic rings. The summed E-state index contributed by atoms with van der Waals surface area (Å²) in [6.45, 7) is 3.41. The zero-order valence-electron chi connectivity index (χ0n) is 15.0. The fraction of sp³-hybridized carbons (Fsp3) is 0.304. The lowest BCUT2D eigenvalue weighted by Crippen LogP contribution is -2.32. The van der Waals surface area contributed by atoms with E-state index in [0.717, 1.165) is 24.0 Å². The van der Waals surface area contributed by atoms with Gasteiger partial charge in [-0.15, -0.1) is 0 Å². The maximum Gasteiger partial charge on any atom is 0.0601 e. The summed E-state index contributed by atoms with van der Waals surface area (Å²) < 4.78 is 1.15. The van der Waals surface area contributed by atoms with Crippen LogP contribution in [0.2, 0.25) is 0 Å². The van der Waals surface area contributed by atoms with Crippen molar-refractivity contribution in [2.24, 2.45) is 0 Å². The van der Waals surface area contributed by atoms with Gasteiger partial charge in [-0.05, 0) is 58.9 Å². The van der Waals surface area contributed by atoms with Gasteiger partial charge in [0.25, 0.3) is 0 Å². The summed E-state index contributed by atoms with van der Waals surface area (Å²) in [4.78, 5) is 5.99. The third-order valence-corrected chi connectivity index (χ3v) is 6.00. The van der Waals surface area contributed by atoms with Gasteiger partial charge in [-0.1, -0.05) is 54.6 Å². The summed E-state index contributed by atoms with van der Waals surface area (Å²) in [7, 11) is 0. The molecule has 1 aliphatic heterocycles. The Labute approximate surface area is 164 Å². The van der Waals surface area contributed by atoms with Gasteiger partial charge in [-0.25, -0.2) is 0 Å². The third kappa shape index (κ3) is 3.94. The lowest BCUT2D eigenvalue weighted by atomic mass is 9.95. The zero-order valence-corrected chi connectivity index (χ0v) is 16.6. The molecular formula is C23H25BrN2. The van der Waals surface area contributed by atoms with E-state index in [4.69, 9.17) is 0 Å². The van der Waals surface area contributed by atoms with Gasteiger partial charge in [0, 0.05) is 35.1 Å². The van der Waals surface area contributed by atoms with Crippen molar-refractivity contribution in [1.82, 2.24) is 9.88 Å². The van der Waals surface area contributed by atoms with Crippen molar-refractivity contribution in [3.8, 4) is 0 Å². The first-order valence-corrected chi connectivity index (χ1v) is 10.3. The Balaban J connectivity index is 1.28. The average Bonchev–Trinajstić information content (AvgIpc) is 3.11. The molecule has 134 valence electrons. The number of aromatic amines is 1. The van der Waals surface area contributed by atoms with Crippen LogP contribution in [0.4, 0.5) is 0 Å². The van der Waals surface area contributed by atoms with E-state index in [9.17, 15) is 0 Å². The molecule has 0 saturated heterocycles. The zero-order chi connectivity index (χ0) is 17.8. The number of para-hydroxylation sites is 1. The average molecular weight is 409 g/mol. The molecule has 0 radical (unpaired) electrons. The van der Waals surface area contributed by atoms with Crippen molar-refractivity contribution in [3.05, 3.63) is 82.5 Å². The number of H-pyrrole nitrogens is 1. The first kappa shape index (κ1) is 17.6. The molecule has 1 aromatic heterocycles. The van der Waals surface area contributed by atoms with Crippen molar-refractivity contribution >= 4 is 26.8 Å². The van der Waals surface area contributed by atoms with Gasteiger partial charge in [0.05, 0.1) is 5.52 Å². The highest BCUT2D eigenvalue weighted by molar-refractivity contribution is 9.10. The predicted octanol–water partition coefficient (Wildman–Crippen LogP) is 5.91. The highest BCUT2D eigenvalue weighted by Gasteiger charge is 2.16. The van der Waals surface area contributed by atoms with Crippen molar-refractivity contribution in [2.45, 2.75) is 25.2 Å². The quantitative estimate of drug-likeness (QED) is 0.396. The van der Waals surface area contributed by atoms with Crippen molar-refractivity contribution < 1.29 is 0 Å². The molecular weight excluding hydrogens is 384 g/mol. The standard InChI is InChI=1S/C23H25BrN2/c24-22-13-6-12-21-19(16-25-23(21)22)10-4-5-14-26-15-7-11-20(17-26)18-8-2-1-3-9-18/h1-3,6-9,11-13,16,20,25H,4-5,10,14-15,17H2. The number of aromatic nitrogens is 1. The van der Waals surface area contributed by atoms with Gasteiger partial charge in [0.2, 0.25) is 0 Å². The second-order valence-electron chi connectivity index (χ2n) is 7.14. The number of fused-ring (bicyclic) bond motifs is 1. The molecule has 0 aliphatic carbocycles. The number of hydrogen-bond acceptors (Lipinski definition) is 1. The molecule has 1 N–H and O–H groups in total. The number of halogens is 1. The summed E-state index contributed by atoms with van der Waals surface area (Å²) in [5, 5.41) is 1.35. The normalized spacial score (nSPS) is 17.8. The molecule has 0 saturated carbocycles. The smallest absolute Gasteiger partial charge is 0.0601 e. The van der Waals surface area contributed by atoms with Gasteiger partial charge in [-0.2, -0.15) is 0 Å².